The van der Waals surface area contributed by atoms with Gasteiger partial charge in [-0.1, -0.05) is 26.7 Å². The summed E-state index contributed by atoms with van der Waals surface area (Å²) in [6, 6.07) is 0.712. The SMILES string of the molecule is CCNC(C)CCCCCSCC. The van der Waals surface area contributed by atoms with Crippen molar-refractivity contribution in [1.29, 1.82) is 0 Å². The average molecular weight is 203 g/mol. The molecule has 1 atom stereocenters. The van der Waals surface area contributed by atoms with Gasteiger partial charge in [-0.15, -0.1) is 0 Å². The lowest BCUT2D eigenvalue weighted by Gasteiger charge is -2.11. The van der Waals surface area contributed by atoms with Crippen molar-refractivity contribution < 1.29 is 0 Å². The number of hydrogen-bond acceptors (Lipinski definition) is 2. The van der Waals surface area contributed by atoms with E-state index in [-0.39, 0.29) is 0 Å². The molecule has 0 aromatic carbocycles. The Kier molecular flexibility index (Phi) is 10.6. The molecule has 0 radical (unpaired) electrons. The zero-order valence-corrected chi connectivity index (χ0v) is 10.3. The third-order valence-corrected chi connectivity index (χ3v) is 3.17. The predicted octanol–water partition coefficient (Wildman–Crippen LogP) is 3.30. The minimum Gasteiger partial charge on any atom is -0.315 e. The van der Waals surface area contributed by atoms with Crippen LogP contribution in [0.5, 0.6) is 0 Å². The molecule has 0 heterocycles. The first-order valence-corrected chi connectivity index (χ1v) is 6.77. The number of hydrogen-bond donors (Lipinski definition) is 1. The zero-order valence-electron chi connectivity index (χ0n) is 9.44. The monoisotopic (exact) mass is 203 g/mol. The van der Waals surface area contributed by atoms with Crippen LogP contribution in [0.15, 0.2) is 0 Å². The van der Waals surface area contributed by atoms with E-state index in [4.69, 9.17) is 0 Å². The Morgan fingerprint density at radius 3 is 2.54 bits per heavy atom. The molecule has 1 nitrogen and oxygen atoms in total. The number of unbranched alkanes of at least 4 members (excludes halogenated alkanes) is 2. The van der Waals surface area contributed by atoms with Gasteiger partial charge in [-0.05, 0) is 37.8 Å². The van der Waals surface area contributed by atoms with Gasteiger partial charge >= 0.3 is 0 Å². The Morgan fingerprint density at radius 2 is 1.92 bits per heavy atom. The normalized spacial score (nSPS) is 13.2. The molecular formula is C11H25NS. The number of nitrogens with one attached hydrogen (secondary N) is 1. The van der Waals surface area contributed by atoms with E-state index < -0.39 is 0 Å². The minimum absolute atomic E-state index is 0.712. The fourth-order valence-corrected chi connectivity index (χ4v) is 2.12. The van der Waals surface area contributed by atoms with E-state index >= 15 is 0 Å². The molecule has 0 aromatic rings. The van der Waals surface area contributed by atoms with E-state index in [2.05, 4.69) is 37.8 Å². The van der Waals surface area contributed by atoms with Gasteiger partial charge in [0.2, 0.25) is 0 Å². The lowest BCUT2D eigenvalue weighted by Crippen LogP contribution is -2.25. The molecule has 0 aliphatic carbocycles. The van der Waals surface area contributed by atoms with E-state index in [9.17, 15) is 0 Å². The van der Waals surface area contributed by atoms with Crippen molar-refractivity contribution in [1.82, 2.24) is 5.32 Å². The summed E-state index contributed by atoms with van der Waals surface area (Å²) in [6.45, 7) is 7.80. The van der Waals surface area contributed by atoms with Crippen molar-refractivity contribution in [3.63, 3.8) is 0 Å². The molecule has 0 rings (SSSR count). The predicted molar refractivity (Wildman–Crippen MR) is 64.6 cm³/mol. The third-order valence-electron chi connectivity index (χ3n) is 2.18. The Labute approximate surface area is 88.1 Å². The summed E-state index contributed by atoms with van der Waals surface area (Å²) in [5.74, 6) is 2.62. The van der Waals surface area contributed by atoms with Crippen LogP contribution in [0.1, 0.15) is 46.5 Å². The van der Waals surface area contributed by atoms with Crippen LogP contribution in [0.3, 0.4) is 0 Å². The van der Waals surface area contributed by atoms with Crippen molar-refractivity contribution in [3.8, 4) is 0 Å². The highest BCUT2D eigenvalue weighted by Crippen LogP contribution is 2.08. The van der Waals surface area contributed by atoms with Crippen molar-refractivity contribution in [2.75, 3.05) is 18.1 Å². The molecule has 0 bridgehead atoms. The summed E-state index contributed by atoms with van der Waals surface area (Å²) in [6.07, 6.45) is 5.53. The highest BCUT2D eigenvalue weighted by Gasteiger charge is 1.98. The fraction of sp³-hybridized carbons (Fsp3) is 1.00. The lowest BCUT2D eigenvalue weighted by atomic mass is 10.1. The summed E-state index contributed by atoms with van der Waals surface area (Å²) in [4.78, 5) is 0. The van der Waals surface area contributed by atoms with Gasteiger partial charge in [0, 0.05) is 6.04 Å². The molecule has 80 valence electrons. The molecular weight excluding hydrogens is 178 g/mol. The highest BCUT2D eigenvalue weighted by atomic mass is 32.2. The Balaban J connectivity index is 2.97. The van der Waals surface area contributed by atoms with E-state index in [0.717, 1.165) is 6.54 Å². The average Bonchev–Trinajstić information content (AvgIpc) is 2.11. The first-order chi connectivity index (χ1) is 6.31. The van der Waals surface area contributed by atoms with E-state index in [1.165, 1.54) is 37.2 Å². The van der Waals surface area contributed by atoms with E-state index in [1.807, 2.05) is 0 Å². The molecule has 0 saturated carbocycles. The Bertz CT molecular complexity index is 96.1. The Hall–Kier alpha value is 0.310. The first-order valence-electron chi connectivity index (χ1n) is 5.62. The first kappa shape index (κ1) is 13.3. The smallest absolute Gasteiger partial charge is 0.00386 e. The summed E-state index contributed by atoms with van der Waals surface area (Å²) in [5.41, 5.74) is 0. The van der Waals surface area contributed by atoms with Crippen LogP contribution in [0.2, 0.25) is 0 Å². The molecule has 0 saturated heterocycles. The van der Waals surface area contributed by atoms with Crippen LogP contribution in [0.25, 0.3) is 0 Å². The van der Waals surface area contributed by atoms with Gasteiger partial charge in [0.25, 0.3) is 0 Å². The molecule has 0 fully saturated rings. The van der Waals surface area contributed by atoms with Crippen molar-refractivity contribution >= 4 is 11.8 Å². The summed E-state index contributed by atoms with van der Waals surface area (Å²) in [7, 11) is 0. The Morgan fingerprint density at radius 1 is 1.15 bits per heavy atom. The maximum atomic E-state index is 3.44. The van der Waals surface area contributed by atoms with Crippen LogP contribution in [0.4, 0.5) is 0 Å². The van der Waals surface area contributed by atoms with Crippen LogP contribution in [-0.4, -0.2) is 24.1 Å². The number of thioether (sulfide) groups is 1. The molecule has 1 N–H and O–H groups in total. The molecule has 0 amide bonds. The van der Waals surface area contributed by atoms with E-state index in [1.54, 1.807) is 0 Å². The second kappa shape index (κ2) is 10.4. The van der Waals surface area contributed by atoms with Crippen LogP contribution in [-0.2, 0) is 0 Å². The van der Waals surface area contributed by atoms with Gasteiger partial charge in [0.15, 0.2) is 0 Å². The van der Waals surface area contributed by atoms with Crippen molar-refractivity contribution in [3.05, 3.63) is 0 Å². The van der Waals surface area contributed by atoms with Crippen LogP contribution >= 0.6 is 11.8 Å². The lowest BCUT2D eigenvalue weighted by molar-refractivity contribution is 0.501. The van der Waals surface area contributed by atoms with Crippen LogP contribution in [0, 0.1) is 0 Å². The minimum atomic E-state index is 0.712. The second-order valence-corrected chi connectivity index (χ2v) is 4.90. The zero-order chi connectivity index (χ0) is 9.94. The summed E-state index contributed by atoms with van der Waals surface area (Å²) < 4.78 is 0. The van der Waals surface area contributed by atoms with Gasteiger partial charge < -0.3 is 5.32 Å². The molecule has 1 unspecified atom stereocenters. The van der Waals surface area contributed by atoms with Gasteiger partial charge in [-0.25, -0.2) is 0 Å². The molecule has 2 heteroatoms. The topological polar surface area (TPSA) is 12.0 Å². The van der Waals surface area contributed by atoms with E-state index in [0.29, 0.717) is 6.04 Å². The maximum Gasteiger partial charge on any atom is 0.00386 e. The van der Waals surface area contributed by atoms with Gasteiger partial charge in [-0.2, -0.15) is 11.8 Å². The van der Waals surface area contributed by atoms with Gasteiger partial charge in [0.05, 0.1) is 0 Å². The second-order valence-electron chi connectivity index (χ2n) is 3.50. The number of rotatable bonds is 9. The van der Waals surface area contributed by atoms with Gasteiger partial charge in [0.1, 0.15) is 0 Å². The fourth-order valence-electron chi connectivity index (χ4n) is 1.43. The van der Waals surface area contributed by atoms with Crippen molar-refractivity contribution in [2.24, 2.45) is 0 Å². The summed E-state index contributed by atoms with van der Waals surface area (Å²) >= 11 is 2.06. The summed E-state index contributed by atoms with van der Waals surface area (Å²) in [5, 5.41) is 3.44. The molecule has 0 aliphatic rings. The van der Waals surface area contributed by atoms with Gasteiger partial charge in [-0.3, -0.25) is 0 Å². The molecule has 13 heavy (non-hydrogen) atoms. The maximum absolute atomic E-state index is 3.44. The molecule has 0 aliphatic heterocycles. The quantitative estimate of drug-likeness (QED) is 0.577. The molecule has 0 spiro atoms. The molecule has 0 aromatic heterocycles. The standard InChI is InChI=1S/C11H25NS/c1-4-12-11(3)9-7-6-8-10-13-5-2/h11-12H,4-10H2,1-3H3. The van der Waals surface area contributed by atoms with Crippen LogP contribution < -0.4 is 5.32 Å². The third kappa shape index (κ3) is 10.2. The van der Waals surface area contributed by atoms with Crippen molar-refractivity contribution in [2.45, 2.75) is 52.5 Å². The largest absolute Gasteiger partial charge is 0.315 e. The highest BCUT2D eigenvalue weighted by molar-refractivity contribution is 7.99.